The molecule has 0 saturated carbocycles. The van der Waals surface area contributed by atoms with Crippen molar-refractivity contribution in [2.75, 3.05) is 26.2 Å². The van der Waals surface area contributed by atoms with Crippen molar-refractivity contribution in [3.63, 3.8) is 0 Å². The largest absolute Gasteiger partial charge is 0.444 e. The minimum Gasteiger partial charge on any atom is -0.444 e. The molecule has 2 N–H and O–H groups in total. The van der Waals surface area contributed by atoms with E-state index in [0.29, 0.717) is 6.04 Å². The normalized spacial score (nSPS) is 17.9. The molecule has 1 saturated heterocycles. The number of hydrogen-bond acceptors (Lipinski definition) is 4. The number of nitrogens with one attached hydrogen (secondary N) is 2. The summed E-state index contributed by atoms with van der Waals surface area (Å²) in [6, 6.07) is 0.505. The van der Waals surface area contributed by atoms with E-state index in [0.717, 1.165) is 39.0 Å². The number of carbonyl (C=O) groups excluding carboxylic acids is 1. The summed E-state index contributed by atoms with van der Waals surface area (Å²) < 4.78 is 5.40. The van der Waals surface area contributed by atoms with E-state index in [2.05, 4.69) is 31.4 Å². The van der Waals surface area contributed by atoms with Crippen LogP contribution in [0.5, 0.6) is 0 Å². The van der Waals surface area contributed by atoms with Crippen LogP contribution < -0.4 is 10.6 Å². The number of rotatable bonds is 4. The smallest absolute Gasteiger partial charge is 0.410 e. The molecule has 0 aromatic rings. The van der Waals surface area contributed by atoms with E-state index in [1.165, 1.54) is 0 Å². The van der Waals surface area contributed by atoms with Crippen LogP contribution in [-0.2, 0) is 4.74 Å². The zero-order valence-electron chi connectivity index (χ0n) is 14.6. The molecule has 1 aliphatic heterocycles. The Labute approximate surface area is 129 Å². The van der Waals surface area contributed by atoms with Crippen molar-refractivity contribution in [2.45, 2.75) is 71.6 Å². The first-order chi connectivity index (χ1) is 9.57. The van der Waals surface area contributed by atoms with Crippen molar-refractivity contribution >= 4 is 6.09 Å². The first-order valence-corrected chi connectivity index (χ1v) is 8.03. The van der Waals surface area contributed by atoms with Crippen LogP contribution in [0.3, 0.4) is 0 Å². The highest BCUT2D eigenvalue weighted by Gasteiger charge is 2.26. The lowest BCUT2D eigenvalue weighted by Gasteiger charge is -2.34. The number of carbonyl (C=O) groups is 1. The summed E-state index contributed by atoms with van der Waals surface area (Å²) in [5.41, 5.74) is -0.243. The Hall–Kier alpha value is -0.810. The van der Waals surface area contributed by atoms with Crippen molar-refractivity contribution in [3.8, 4) is 0 Å². The molecular weight excluding hydrogens is 266 g/mol. The molecule has 5 nitrogen and oxygen atoms in total. The maximum atomic E-state index is 12.0. The molecule has 1 amide bonds. The predicted molar refractivity (Wildman–Crippen MR) is 86.6 cm³/mol. The van der Waals surface area contributed by atoms with Crippen LogP contribution in [-0.4, -0.2) is 54.4 Å². The minimum absolute atomic E-state index is 0.168. The average molecular weight is 299 g/mol. The fourth-order valence-electron chi connectivity index (χ4n) is 2.31. The molecule has 0 aromatic heterocycles. The van der Waals surface area contributed by atoms with E-state index in [4.69, 9.17) is 4.74 Å². The summed E-state index contributed by atoms with van der Waals surface area (Å²) in [5.74, 6) is 0. The molecule has 1 aliphatic rings. The molecule has 0 aliphatic carbocycles. The van der Waals surface area contributed by atoms with Gasteiger partial charge in [-0.25, -0.2) is 4.79 Å². The van der Waals surface area contributed by atoms with Gasteiger partial charge in [-0.1, -0.05) is 0 Å². The summed E-state index contributed by atoms with van der Waals surface area (Å²) in [5, 5.41) is 7.03. The van der Waals surface area contributed by atoms with Crippen LogP contribution in [0.2, 0.25) is 0 Å². The lowest BCUT2D eigenvalue weighted by Crippen LogP contribution is -2.48. The standard InChI is InChI=1S/C16H33N3O2/c1-15(2,3)18-10-9-17-13-7-11-19(12-8-13)14(20)21-16(4,5)6/h13,17-18H,7-12H2,1-6H3. The summed E-state index contributed by atoms with van der Waals surface area (Å²) >= 11 is 0. The quantitative estimate of drug-likeness (QED) is 0.783. The summed E-state index contributed by atoms with van der Waals surface area (Å²) in [6.45, 7) is 15.7. The molecular formula is C16H33N3O2. The van der Waals surface area contributed by atoms with Crippen LogP contribution >= 0.6 is 0 Å². The van der Waals surface area contributed by atoms with E-state index in [-0.39, 0.29) is 11.6 Å². The monoisotopic (exact) mass is 299 g/mol. The Morgan fingerprint density at radius 2 is 1.67 bits per heavy atom. The van der Waals surface area contributed by atoms with Crippen molar-refractivity contribution in [1.82, 2.24) is 15.5 Å². The number of amides is 1. The second kappa shape index (κ2) is 7.45. The Kier molecular flexibility index (Phi) is 6.47. The Bertz CT molecular complexity index is 323. The molecule has 1 heterocycles. The van der Waals surface area contributed by atoms with Crippen LogP contribution in [0, 0.1) is 0 Å². The molecule has 0 aromatic carbocycles. The molecule has 124 valence electrons. The molecule has 1 fully saturated rings. The van der Waals surface area contributed by atoms with Crippen LogP contribution in [0.4, 0.5) is 4.79 Å². The van der Waals surface area contributed by atoms with Crippen molar-refractivity contribution in [2.24, 2.45) is 0 Å². The van der Waals surface area contributed by atoms with Gasteiger partial charge in [0.25, 0.3) is 0 Å². The Morgan fingerprint density at radius 1 is 1.10 bits per heavy atom. The van der Waals surface area contributed by atoms with Gasteiger partial charge in [-0.05, 0) is 54.4 Å². The maximum absolute atomic E-state index is 12.0. The Morgan fingerprint density at radius 3 is 2.14 bits per heavy atom. The van der Waals surface area contributed by atoms with Crippen LogP contribution in [0.15, 0.2) is 0 Å². The second-order valence-electron chi connectivity index (χ2n) is 7.87. The van der Waals surface area contributed by atoms with Gasteiger partial charge in [0, 0.05) is 37.8 Å². The first-order valence-electron chi connectivity index (χ1n) is 8.03. The molecule has 0 bridgehead atoms. The van der Waals surface area contributed by atoms with E-state index in [1.54, 1.807) is 0 Å². The van der Waals surface area contributed by atoms with Gasteiger partial charge in [0.1, 0.15) is 5.60 Å². The van der Waals surface area contributed by atoms with Crippen molar-refractivity contribution in [1.29, 1.82) is 0 Å². The predicted octanol–water partition coefficient (Wildman–Crippen LogP) is 2.36. The van der Waals surface area contributed by atoms with Crippen LogP contribution in [0.25, 0.3) is 0 Å². The Balaban J connectivity index is 2.19. The number of piperidine rings is 1. The maximum Gasteiger partial charge on any atom is 0.410 e. The summed E-state index contributed by atoms with van der Waals surface area (Å²) in [7, 11) is 0. The molecule has 21 heavy (non-hydrogen) atoms. The lowest BCUT2D eigenvalue weighted by atomic mass is 10.1. The highest BCUT2D eigenvalue weighted by molar-refractivity contribution is 5.68. The second-order valence-corrected chi connectivity index (χ2v) is 7.87. The lowest BCUT2D eigenvalue weighted by molar-refractivity contribution is 0.0198. The van der Waals surface area contributed by atoms with Gasteiger partial charge < -0.3 is 20.3 Å². The first kappa shape index (κ1) is 18.2. The highest BCUT2D eigenvalue weighted by Crippen LogP contribution is 2.15. The SMILES string of the molecule is CC(C)(C)NCCNC1CCN(C(=O)OC(C)(C)C)CC1. The number of nitrogens with zero attached hydrogens (tertiary/aromatic N) is 1. The van der Waals surface area contributed by atoms with E-state index < -0.39 is 5.60 Å². The number of likely N-dealkylation sites (tertiary alicyclic amines) is 1. The van der Waals surface area contributed by atoms with Gasteiger partial charge in [-0.2, -0.15) is 0 Å². The third-order valence-electron chi connectivity index (χ3n) is 3.36. The van der Waals surface area contributed by atoms with Crippen molar-refractivity contribution in [3.05, 3.63) is 0 Å². The molecule has 5 heteroatoms. The van der Waals surface area contributed by atoms with E-state index in [9.17, 15) is 4.79 Å². The van der Waals surface area contributed by atoms with Gasteiger partial charge in [0.05, 0.1) is 0 Å². The fourth-order valence-corrected chi connectivity index (χ4v) is 2.31. The third-order valence-corrected chi connectivity index (χ3v) is 3.36. The molecule has 1 rings (SSSR count). The third kappa shape index (κ3) is 8.27. The topological polar surface area (TPSA) is 53.6 Å². The molecule has 0 radical (unpaired) electrons. The number of hydrogen-bond donors (Lipinski definition) is 2. The van der Waals surface area contributed by atoms with Crippen LogP contribution in [0.1, 0.15) is 54.4 Å². The van der Waals surface area contributed by atoms with E-state index in [1.807, 2.05) is 25.7 Å². The molecule has 0 spiro atoms. The zero-order chi connectivity index (χ0) is 16.1. The summed E-state index contributed by atoms with van der Waals surface area (Å²) in [6.07, 6.45) is 1.80. The van der Waals surface area contributed by atoms with E-state index >= 15 is 0 Å². The number of ether oxygens (including phenoxy) is 1. The van der Waals surface area contributed by atoms with Gasteiger partial charge in [0.2, 0.25) is 0 Å². The van der Waals surface area contributed by atoms with Crippen molar-refractivity contribution < 1.29 is 9.53 Å². The fraction of sp³-hybridized carbons (Fsp3) is 0.938. The zero-order valence-corrected chi connectivity index (χ0v) is 14.6. The average Bonchev–Trinajstić information content (AvgIpc) is 2.32. The molecule has 0 unspecified atom stereocenters. The van der Waals surface area contributed by atoms with Gasteiger partial charge in [-0.3, -0.25) is 0 Å². The summed E-state index contributed by atoms with van der Waals surface area (Å²) in [4.78, 5) is 13.8. The molecule has 0 atom stereocenters. The van der Waals surface area contributed by atoms with Gasteiger partial charge in [0.15, 0.2) is 0 Å². The van der Waals surface area contributed by atoms with Gasteiger partial charge >= 0.3 is 6.09 Å². The minimum atomic E-state index is -0.412. The highest BCUT2D eigenvalue weighted by atomic mass is 16.6. The van der Waals surface area contributed by atoms with Gasteiger partial charge in [-0.15, -0.1) is 0 Å².